The number of amides is 1. The highest BCUT2D eigenvalue weighted by Gasteiger charge is 2.45. The third-order valence-corrected chi connectivity index (χ3v) is 7.10. The van der Waals surface area contributed by atoms with E-state index in [0.717, 1.165) is 49.3 Å². The molecule has 33 heavy (non-hydrogen) atoms. The lowest BCUT2D eigenvalue weighted by atomic mass is 9.75. The van der Waals surface area contributed by atoms with Crippen LogP contribution in [0.2, 0.25) is 0 Å². The van der Waals surface area contributed by atoms with Crippen molar-refractivity contribution in [2.24, 2.45) is 0 Å². The van der Waals surface area contributed by atoms with Gasteiger partial charge < -0.3 is 14.6 Å². The average molecular weight is 464 g/mol. The van der Waals surface area contributed by atoms with Gasteiger partial charge in [-0.2, -0.15) is 18.2 Å². The van der Waals surface area contributed by atoms with Crippen LogP contribution >= 0.6 is 0 Å². The maximum absolute atomic E-state index is 13.3. The van der Waals surface area contributed by atoms with Gasteiger partial charge in [0.2, 0.25) is 5.75 Å². The molecule has 2 heterocycles. The van der Waals surface area contributed by atoms with Crippen LogP contribution in [0.25, 0.3) is 0 Å². The summed E-state index contributed by atoms with van der Waals surface area (Å²) in [7, 11) is 0. The first-order valence-electron chi connectivity index (χ1n) is 11.2. The van der Waals surface area contributed by atoms with Gasteiger partial charge in [0.25, 0.3) is 5.91 Å². The number of carbonyl (C=O) groups is 1. The first-order valence-corrected chi connectivity index (χ1v) is 11.2. The third-order valence-electron chi connectivity index (χ3n) is 7.10. The minimum Gasteiger partial charge on any atom is -0.501 e. The highest BCUT2D eigenvalue weighted by molar-refractivity contribution is 5.96. The molecule has 1 aliphatic heterocycles. The van der Waals surface area contributed by atoms with Crippen molar-refractivity contribution < 1.29 is 23.1 Å². The van der Waals surface area contributed by atoms with Crippen molar-refractivity contribution in [3.05, 3.63) is 56.8 Å². The van der Waals surface area contributed by atoms with E-state index >= 15 is 0 Å². The van der Waals surface area contributed by atoms with Gasteiger partial charge in [-0.1, -0.05) is 42.2 Å². The van der Waals surface area contributed by atoms with Crippen LogP contribution in [0, 0.1) is 13.8 Å². The molecule has 1 amide bonds. The molecule has 178 valence electrons. The summed E-state index contributed by atoms with van der Waals surface area (Å²) in [6.45, 7) is 4.80. The summed E-state index contributed by atoms with van der Waals surface area (Å²) in [5.74, 6) is -1.56. The second-order valence-corrected chi connectivity index (χ2v) is 9.44. The summed E-state index contributed by atoms with van der Waals surface area (Å²) in [6.07, 6.45) is -0.447. The van der Waals surface area contributed by atoms with E-state index in [4.69, 9.17) is 0 Å². The van der Waals surface area contributed by atoms with Crippen molar-refractivity contribution >= 4 is 5.91 Å². The molecule has 6 nitrogen and oxygen atoms in total. The maximum Gasteiger partial charge on any atom is 0.408 e. The van der Waals surface area contributed by atoms with Crippen molar-refractivity contribution in [2.75, 3.05) is 6.54 Å². The molecule has 1 atom stereocenters. The van der Waals surface area contributed by atoms with E-state index in [1.54, 1.807) is 0 Å². The molecule has 4 rings (SSSR count). The number of benzene rings is 1. The molecular formula is C24H28F3N3O3. The van der Waals surface area contributed by atoms with E-state index in [1.807, 2.05) is 13.8 Å². The molecule has 0 radical (unpaired) electrons. The predicted octanol–water partition coefficient (Wildman–Crippen LogP) is 4.03. The zero-order chi connectivity index (χ0) is 24.1. The average Bonchev–Trinajstić information content (AvgIpc) is 3.19. The second kappa shape index (κ2) is 8.18. The molecule has 1 fully saturated rings. The number of halogens is 3. The molecule has 0 bridgehead atoms. The molecule has 0 spiro atoms. The topological polar surface area (TPSA) is 75.4 Å². The molecule has 9 heteroatoms. The van der Waals surface area contributed by atoms with Gasteiger partial charge >= 0.3 is 11.7 Å². The molecule has 2 aliphatic rings. The molecule has 0 saturated heterocycles. The van der Waals surface area contributed by atoms with Crippen LogP contribution in [0.1, 0.15) is 65.6 Å². The first-order chi connectivity index (χ1) is 15.4. The zero-order valence-corrected chi connectivity index (χ0v) is 19.0. The van der Waals surface area contributed by atoms with Gasteiger partial charge in [-0.15, -0.1) is 0 Å². The number of aromatic hydroxyl groups is 1. The van der Waals surface area contributed by atoms with Gasteiger partial charge in [0, 0.05) is 24.9 Å². The monoisotopic (exact) mass is 463 g/mol. The van der Waals surface area contributed by atoms with Crippen LogP contribution in [0.5, 0.6) is 5.75 Å². The molecule has 1 aromatic carbocycles. The lowest BCUT2D eigenvalue weighted by molar-refractivity contribution is -0.172. The lowest BCUT2D eigenvalue weighted by Gasteiger charge is -2.37. The van der Waals surface area contributed by atoms with E-state index < -0.39 is 35.1 Å². The molecule has 1 aliphatic carbocycles. The second-order valence-electron chi connectivity index (χ2n) is 9.44. The van der Waals surface area contributed by atoms with Gasteiger partial charge in [0.15, 0.2) is 5.69 Å². The SMILES string of the molecule is Cc1cc(C)cc(C2(Cc3nc(=O)c(O)c4n3CCN([C@H](C)C(F)(F)F)C4=O)CCCC2)c1. The normalized spacial score (nSPS) is 19.0. The Morgan fingerprint density at radius 3 is 2.27 bits per heavy atom. The van der Waals surface area contributed by atoms with Gasteiger partial charge in [-0.3, -0.25) is 9.59 Å². The molecule has 1 N–H and O–H groups in total. The first kappa shape index (κ1) is 23.3. The number of aryl methyl sites for hydroxylation is 2. The zero-order valence-electron chi connectivity index (χ0n) is 19.0. The lowest BCUT2D eigenvalue weighted by Crippen LogP contribution is -2.52. The fourth-order valence-corrected chi connectivity index (χ4v) is 5.38. The van der Waals surface area contributed by atoms with Crippen molar-refractivity contribution in [3.8, 4) is 5.75 Å². The highest BCUT2D eigenvalue weighted by atomic mass is 19.4. The maximum atomic E-state index is 13.3. The van der Waals surface area contributed by atoms with Crippen LogP contribution in [0.3, 0.4) is 0 Å². The van der Waals surface area contributed by atoms with E-state index in [0.29, 0.717) is 17.1 Å². The van der Waals surface area contributed by atoms with Crippen molar-refractivity contribution in [2.45, 2.75) is 77.1 Å². The Balaban J connectivity index is 1.79. The number of rotatable bonds is 4. The van der Waals surface area contributed by atoms with Crippen molar-refractivity contribution in [3.63, 3.8) is 0 Å². The Morgan fingerprint density at radius 2 is 1.70 bits per heavy atom. The summed E-state index contributed by atoms with van der Waals surface area (Å²) < 4.78 is 41.3. The summed E-state index contributed by atoms with van der Waals surface area (Å²) in [4.78, 5) is 30.2. The third kappa shape index (κ3) is 4.13. The van der Waals surface area contributed by atoms with E-state index in [2.05, 4.69) is 23.2 Å². The Kier molecular flexibility index (Phi) is 5.78. The number of carbonyl (C=O) groups excluding carboxylic acids is 1. The fourth-order valence-electron chi connectivity index (χ4n) is 5.38. The molecular weight excluding hydrogens is 435 g/mol. The number of nitrogens with zero attached hydrogens (tertiary/aromatic N) is 3. The number of fused-ring (bicyclic) bond motifs is 1. The van der Waals surface area contributed by atoms with Crippen LogP contribution in [-0.4, -0.2) is 44.2 Å². The molecule has 0 unspecified atom stereocenters. The largest absolute Gasteiger partial charge is 0.501 e. The smallest absolute Gasteiger partial charge is 0.408 e. The Labute approximate surface area is 190 Å². The number of alkyl halides is 3. The van der Waals surface area contributed by atoms with Crippen molar-refractivity contribution in [1.82, 2.24) is 14.5 Å². The predicted molar refractivity (Wildman–Crippen MR) is 116 cm³/mol. The molecule has 1 aromatic heterocycles. The molecule has 1 saturated carbocycles. The van der Waals surface area contributed by atoms with Gasteiger partial charge in [0.1, 0.15) is 11.9 Å². The van der Waals surface area contributed by atoms with Crippen LogP contribution < -0.4 is 5.56 Å². The van der Waals surface area contributed by atoms with Crippen molar-refractivity contribution in [1.29, 1.82) is 0 Å². The number of hydrogen-bond acceptors (Lipinski definition) is 4. The van der Waals surface area contributed by atoms with E-state index in [-0.39, 0.29) is 18.5 Å². The standard InChI is InChI=1S/C24H28F3N3O3/c1-14-10-15(2)12-17(11-14)23(6-4-5-7-23)13-18-28-21(32)20(31)19-22(33)29(8-9-30(18)19)16(3)24(25,26)27/h10-12,16,31H,4-9,13H2,1-3H3/t16-/m1/s1. The minimum atomic E-state index is -4.61. The molecule has 2 aromatic rings. The van der Waals surface area contributed by atoms with E-state index in [9.17, 15) is 27.9 Å². The fraction of sp³-hybridized carbons (Fsp3) is 0.542. The van der Waals surface area contributed by atoms with Gasteiger partial charge in [0.05, 0.1) is 0 Å². The quantitative estimate of drug-likeness (QED) is 0.743. The van der Waals surface area contributed by atoms with E-state index in [1.165, 1.54) is 4.57 Å². The summed E-state index contributed by atoms with van der Waals surface area (Å²) in [5, 5.41) is 10.3. The minimum absolute atomic E-state index is 0.0284. The Hall–Kier alpha value is -2.84. The number of aromatic nitrogens is 2. The summed E-state index contributed by atoms with van der Waals surface area (Å²) >= 11 is 0. The Morgan fingerprint density at radius 1 is 1.09 bits per heavy atom. The summed E-state index contributed by atoms with van der Waals surface area (Å²) in [5.41, 5.74) is 1.72. The van der Waals surface area contributed by atoms with Gasteiger partial charge in [-0.25, -0.2) is 0 Å². The highest BCUT2D eigenvalue weighted by Crippen LogP contribution is 2.44. The van der Waals surface area contributed by atoms with Crippen LogP contribution in [0.15, 0.2) is 23.0 Å². The Bertz CT molecular complexity index is 1130. The van der Waals surface area contributed by atoms with Crippen LogP contribution in [0.4, 0.5) is 13.2 Å². The van der Waals surface area contributed by atoms with Gasteiger partial charge in [-0.05, 0) is 39.2 Å². The summed E-state index contributed by atoms with van der Waals surface area (Å²) in [6, 6.07) is 4.32. The number of hydrogen-bond donors (Lipinski definition) is 1. The van der Waals surface area contributed by atoms with Crippen LogP contribution in [-0.2, 0) is 18.4 Å².